The van der Waals surface area contributed by atoms with Crippen LogP contribution >= 0.6 is 0 Å². The van der Waals surface area contributed by atoms with Crippen molar-refractivity contribution >= 4 is 10.0 Å². The summed E-state index contributed by atoms with van der Waals surface area (Å²) in [6, 6.07) is 16.8. The minimum absolute atomic E-state index is 0.0466. The smallest absolute Gasteiger partial charge is 0.303 e. The van der Waals surface area contributed by atoms with E-state index in [1.165, 1.54) is 36.4 Å². The molecule has 3 aliphatic rings. The Morgan fingerprint density at radius 3 is 2.04 bits per heavy atom. The third kappa shape index (κ3) is 7.28. The molecule has 3 unspecified atom stereocenters. The highest BCUT2D eigenvalue weighted by molar-refractivity contribution is 7.89. The summed E-state index contributed by atoms with van der Waals surface area (Å²) < 4.78 is 96.4. The maximum atomic E-state index is 13.8. The van der Waals surface area contributed by atoms with Crippen molar-refractivity contribution in [1.82, 2.24) is 9.21 Å². The molecule has 0 aromatic heterocycles. The Hall–Kier alpha value is -2.82. The fourth-order valence-electron chi connectivity index (χ4n) is 7.53. The number of alkyl halides is 3. The summed E-state index contributed by atoms with van der Waals surface area (Å²) in [5, 5.41) is 0. The first-order chi connectivity index (χ1) is 21.5. The van der Waals surface area contributed by atoms with Gasteiger partial charge in [-0.05, 0) is 110 Å². The molecule has 3 atom stereocenters. The van der Waals surface area contributed by atoms with E-state index in [4.69, 9.17) is 0 Å². The van der Waals surface area contributed by atoms with Crippen molar-refractivity contribution in [2.75, 3.05) is 19.6 Å². The molecular weight excluding hydrogens is 607 g/mol. The number of nitrogens with zero attached hydrogens (tertiary/aromatic N) is 2. The van der Waals surface area contributed by atoms with E-state index < -0.39 is 21.8 Å². The molecule has 4 nitrogen and oxygen atoms in total. The number of halogens is 5. The SMILES string of the molecule is O=S(=O)(c1cccc(C(F)(F)F)c1)N(C1CC1)C1CCC2CN(CCCCCC(c3ccc(F)cc3)c3ccc(F)cc3)CC21. The van der Waals surface area contributed by atoms with Gasteiger partial charge in [0.15, 0.2) is 0 Å². The molecule has 0 amide bonds. The molecule has 1 aliphatic heterocycles. The molecule has 10 heteroatoms. The van der Waals surface area contributed by atoms with Gasteiger partial charge in [-0.2, -0.15) is 17.5 Å². The number of sulfonamides is 1. The Bertz CT molecular complexity index is 1510. The molecule has 242 valence electrons. The quantitative estimate of drug-likeness (QED) is 0.147. The largest absolute Gasteiger partial charge is 0.416 e. The van der Waals surface area contributed by atoms with Crippen LogP contribution < -0.4 is 0 Å². The van der Waals surface area contributed by atoms with Crippen LogP contribution in [-0.4, -0.2) is 49.3 Å². The second kappa shape index (κ2) is 13.1. The Balaban J connectivity index is 1.05. The third-order valence-corrected chi connectivity index (χ3v) is 11.9. The Kier molecular flexibility index (Phi) is 9.37. The molecule has 3 aromatic rings. The lowest BCUT2D eigenvalue weighted by atomic mass is 9.87. The van der Waals surface area contributed by atoms with Crippen LogP contribution in [0.1, 0.15) is 74.0 Å². The van der Waals surface area contributed by atoms with Gasteiger partial charge in [-0.15, -0.1) is 0 Å². The summed E-state index contributed by atoms with van der Waals surface area (Å²) >= 11 is 0. The summed E-state index contributed by atoms with van der Waals surface area (Å²) in [6.45, 7) is 2.61. The van der Waals surface area contributed by atoms with E-state index in [-0.39, 0.29) is 40.4 Å². The Morgan fingerprint density at radius 2 is 1.44 bits per heavy atom. The second-order valence-electron chi connectivity index (χ2n) is 12.9. The van der Waals surface area contributed by atoms with Crippen molar-refractivity contribution in [2.45, 2.75) is 80.4 Å². The van der Waals surface area contributed by atoms with E-state index in [1.54, 1.807) is 28.6 Å². The number of hydrogen-bond donors (Lipinski definition) is 0. The van der Waals surface area contributed by atoms with Gasteiger partial charge in [0.05, 0.1) is 10.5 Å². The highest BCUT2D eigenvalue weighted by atomic mass is 32.2. The first kappa shape index (κ1) is 32.1. The third-order valence-electron chi connectivity index (χ3n) is 9.88. The molecule has 0 spiro atoms. The highest BCUT2D eigenvalue weighted by Gasteiger charge is 2.52. The molecule has 0 radical (unpaired) electrons. The Morgan fingerprint density at radius 1 is 0.800 bits per heavy atom. The molecule has 6 rings (SSSR count). The van der Waals surface area contributed by atoms with Crippen molar-refractivity contribution in [3.05, 3.63) is 101 Å². The van der Waals surface area contributed by atoms with Crippen LogP contribution in [0.5, 0.6) is 0 Å². The minimum atomic E-state index is -4.61. The van der Waals surface area contributed by atoms with E-state index in [9.17, 15) is 30.4 Å². The van der Waals surface area contributed by atoms with Gasteiger partial charge in [-0.3, -0.25) is 0 Å². The highest BCUT2D eigenvalue weighted by Crippen LogP contribution is 2.46. The zero-order chi connectivity index (χ0) is 31.8. The number of likely N-dealkylation sites (tertiary alicyclic amines) is 1. The normalized spacial score (nSPS) is 22.4. The van der Waals surface area contributed by atoms with Crippen LogP contribution in [0.15, 0.2) is 77.7 Å². The second-order valence-corrected chi connectivity index (χ2v) is 14.8. The van der Waals surface area contributed by atoms with Gasteiger partial charge in [0.25, 0.3) is 0 Å². The van der Waals surface area contributed by atoms with Crippen molar-refractivity contribution in [3.63, 3.8) is 0 Å². The maximum Gasteiger partial charge on any atom is 0.416 e. The van der Waals surface area contributed by atoms with E-state index in [1.807, 2.05) is 0 Å². The van der Waals surface area contributed by atoms with Gasteiger partial charge >= 0.3 is 6.18 Å². The molecule has 2 saturated carbocycles. The van der Waals surface area contributed by atoms with Gasteiger partial charge in [0.1, 0.15) is 11.6 Å². The lowest BCUT2D eigenvalue weighted by molar-refractivity contribution is -0.137. The topological polar surface area (TPSA) is 40.6 Å². The standard InChI is InChI=1S/C35H39F5N2O2S/c36-28-13-8-24(9-14-28)32(25-10-15-29(37)16-11-25)7-2-1-3-20-41-22-26-12-19-34(33(26)23-41)42(30-17-18-30)45(43,44)31-6-4-5-27(21-31)35(38,39)40/h4-6,8-11,13-16,21,26,30,32-34H,1-3,7,12,17-20,22-23H2. The lowest BCUT2D eigenvalue weighted by Gasteiger charge is -2.32. The van der Waals surface area contributed by atoms with Crippen LogP contribution in [0.3, 0.4) is 0 Å². The van der Waals surface area contributed by atoms with Crippen LogP contribution in [0.25, 0.3) is 0 Å². The van der Waals surface area contributed by atoms with Crippen LogP contribution in [-0.2, 0) is 16.2 Å². The number of benzene rings is 3. The molecular formula is C35H39F5N2O2S. The fraction of sp³-hybridized carbons (Fsp3) is 0.486. The summed E-state index contributed by atoms with van der Waals surface area (Å²) in [4.78, 5) is 2.14. The van der Waals surface area contributed by atoms with Crippen molar-refractivity contribution in [1.29, 1.82) is 0 Å². The van der Waals surface area contributed by atoms with Gasteiger partial charge in [0.2, 0.25) is 10.0 Å². The summed E-state index contributed by atoms with van der Waals surface area (Å²) in [5.74, 6) is 0.0255. The first-order valence-corrected chi connectivity index (χ1v) is 17.4. The lowest BCUT2D eigenvalue weighted by Crippen LogP contribution is -2.45. The van der Waals surface area contributed by atoms with E-state index in [0.29, 0.717) is 5.92 Å². The average Bonchev–Trinajstić information content (AvgIpc) is 3.65. The number of rotatable bonds is 12. The van der Waals surface area contributed by atoms with Gasteiger partial charge in [-0.1, -0.05) is 43.2 Å². The number of unbranched alkanes of at least 4 members (excludes halogenated alkanes) is 2. The molecule has 45 heavy (non-hydrogen) atoms. The van der Waals surface area contributed by atoms with E-state index in [2.05, 4.69) is 4.90 Å². The fourth-order valence-corrected chi connectivity index (χ4v) is 9.52. The van der Waals surface area contributed by atoms with Gasteiger partial charge in [-0.25, -0.2) is 17.2 Å². The monoisotopic (exact) mass is 646 g/mol. The summed E-state index contributed by atoms with van der Waals surface area (Å²) in [6.07, 6.45) is 2.32. The average molecular weight is 647 g/mol. The van der Waals surface area contributed by atoms with Crippen LogP contribution in [0.4, 0.5) is 22.0 Å². The first-order valence-electron chi connectivity index (χ1n) is 15.9. The van der Waals surface area contributed by atoms with Gasteiger partial charge in [0, 0.05) is 31.1 Å². The molecule has 1 saturated heterocycles. The molecule has 1 heterocycles. The minimum Gasteiger partial charge on any atom is -0.303 e. The van der Waals surface area contributed by atoms with E-state index in [0.717, 1.165) is 94.3 Å². The predicted molar refractivity (Wildman–Crippen MR) is 163 cm³/mol. The Labute approximate surface area is 262 Å². The van der Waals surface area contributed by atoms with Gasteiger partial charge < -0.3 is 4.90 Å². The molecule has 2 aliphatic carbocycles. The predicted octanol–water partition coefficient (Wildman–Crippen LogP) is 8.24. The number of hydrogen-bond acceptors (Lipinski definition) is 3. The van der Waals surface area contributed by atoms with Crippen molar-refractivity contribution in [3.8, 4) is 0 Å². The summed E-state index contributed by atoms with van der Waals surface area (Å²) in [5.41, 5.74) is 1.06. The van der Waals surface area contributed by atoms with Crippen molar-refractivity contribution in [2.24, 2.45) is 11.8 Å². The molecule has 3 aromatic carbocycles. The zero-order valence-electron chi connectivity index (χ0n) is 25.1. The van der Waals surface area contributed by atoms with Crippen LogP contribution in [0.2, 0.25) is 0 Å². The number of fused-ring (bicyclic) bond motifs is 1. The molecule has 0 N–H and O–H groups in total. The summed E-state index contributed by atoms with van der Waals surface area (Å²) in [7, 11) is -4.07. The van der Waals surface area contributed by atoms with Crippen molar-refractivity contribution < 1.29 is 30.4 Å². The van der Waals surface area contributed by atoms with Crippen LogP contribution in [0, 0.1) is 23.5 Å². The van der Waals surface area contributed by atoms with E-state index >= 15 is 0 Å². The molecule has 0 bridgehead atoms. The zero-order valence-corrected chi connectivity index (χ0v) is 25.9. The molecule has 3 fully saturated rings. The maximum absolute atomic E-state index is 13.8.